The van der Waals surface area contributed by atoms with Crippen molar-refractivity contribution >= 4 is 5.84 Å². The summed E-state index contributed by atoms with van der Waals surface area (Å²) in [4.78, 5) is 2.43. The third kappa shape index (κ3) is 5.75. The molecule has 0 saturated heterocycles. The fourth-order valence-electron chi connectivity index (χ4n) is 1.95. The van der Waals surface area contributed by atoms with Crippen LogP contribution in [0.1, 0.15) is 32.3 Å². The van der Waals surface area contributed by atoms with Crippen LogP contribution in [0, 0.1) is 5.41 Å². The first kappa shape index (κ1) is 15.5. The van der Waals surface area contributed by atoms with E-state index in [4.69, 9.17) is 15.9 Å². The van der Waals surface area contributed by atoms with Gasteiger partial charge < -0.3 is 15.4 Å². The van der Waals surface area contributed by atoms with E-state index in [1.807, 2.05) is 24.3 Å². The molecule has 0 aromatic heterocycles. The summed E-state index contributed by atoms with van der Waals surface area (Å²) in [6.07, 6.45) is 2.23. The van der Waals surface area contributed by atoms with Gasteiger partial charge in [0.25, 0.3) is 0 Å². The second-order valence-corrected chi connectivity index (χ2v) is 4.57. The summed E-state index contributed by atoms with van der Waals surface area (Å²) in [5.41, 5.74) is 6.13. The minimum absolute atomic E-state index is 0.0877. The topological polar surface area (TPSA) is 62.3 Å². The third-order valence-electron chi connectivity index (χ3n) is 3.04. The van der Waals surface area contributed by atoms with Gasteiger partial charge in [-0.25, -0.2) is 0 Å². The molecular formula is C15H25N3O. The highest BCUT2D eigenvalue weighted by Gasteiger charge is 2.01. The summed E-state index contributed by atoms with van der Waals surface area (Å²) in [5.74, 6) is 0.924. The summed E-state index contributed by atoms with van der Waals surface area (Å²) in [6.45, 7) is 8.45. The van der Waals surface area contributed by atoms with Crippen LogP contribution in [0.4, 0.5) is 0 Å². The van der Waals surface area contributed by atoms with E-state index in [0.29, 0.717) is 0 Å². The molecule has 0 aliphatic heterocycles. The van der Waals surface area contributed by atoms with Crippen molar-refractivity contribution in [1.29, 1.82) is 5.41 Å². The van der Waals surface area contributed by atoms with Crippen molar-refractivity contribution in [2.24, 2.45) is 5.73 Å². The standard InChI is InChI=1S/C15H25N3O/c1-3-10-18(4-2)11-5-12-19-14-8-6-13(7-9-14)15(16)17/h6-9H,3-5,10-12H2,1-2H3,(H3,16,17). The molecular weight excluding hydrogens is 238 g/mol. The van der Waals surface area contributed by atoms with Crippen LogP contribution in [0.3, 0.4) is 0 Å². The Morgan fingerprint density at radius 3 is 2.42 bits per heavy atom. The molecule has 106 valence electrons. The Hall–Kier alpha value is -1.55. The second kappa shape index (κ2) is 8.53. The highest BCUT2D eigenvalue weighted by atomic mass is 16.5. The average Bonchev–Trinajstić information content (AvgIpc) is 2.42. The lowest BCUT2D eigenvalue weighted by molar-refractivity contribution is 0.242. The number of hydrogen-bond donors (Lipinski definition) is 2. The van der Waals surface area contributed by atoms with E-state index in [1.165, 1.54) is 6.42 Å². The van der Waals surface area contributed by atoms with Crippen molar-refractivity contribution in [3.63, 3.8) is 0 Å². The Labute approximate surface area is 116 Å². The number of amidine groups is 1. The lowest BCUT2D eigenvalue weighted by Gasteiger charge is -2.19. The Morgan fingerprint density at radius 1 is 1.21 bits per heavy atom. The predicted octanol–water partition coefficient (Wildman–Crippen LogP) is 2.47. The molecule has 1 rings (SSSR count). The molecule has 3 N–H and O–H groups in total. The first-order valence-electron chi connectivity index (χ1n) is 6.97. The monoisotopic (exact) mass is 263 g/mol. The zero-order valence-electron chi connectivity index (χ0n) is 12.0. The summed E-state index contributed by atoms with van der Waals surface area (Å²) in [6, 6.07) is 7.35. The maximum atomic E-state index is 7.31. The van der Waals surface area contributed by atoms with Crippen LogP contribution < -0.4 is 10.5 Å². The summed E-state index contributed by atoms with van der Waals surface area (Å²) < 4.78 is 5.68. The molecule has 0 bridgehead atoms. The predicted molar refractivity (Wildman–Crippen MR) is 80.0 cm³/mol. The van der Waals surface area contributed by atoms with Gasteiger partial charge in [0, 0.05) is 12.1 Å². The van der Waals surface area contributed by atoms with Crippen molar-refractivity contribution in [2.75, 3.05) is 26.2 Å². The normalized spacial score (nSPS) is 10.7. The number of nitrogen functional groups attached to an aromatic ring is 1. The van der Waals surface area contributed by atoms with Gasteiger partial charge in [0.15, 0.2) is 0 Å². The van der Waals surface area contributed by atoms with Crippen molar-refractivity contribution in [3.05, 3.63) is 29.8 Å². The number of rotatable bonds is 9. The molecule has 0 aliphatic carbocycles. The highest BCUT2D eigenvalue weighted by Crippen LogP contribution is 2.12. The molecule has 1 aromatic carbocycles. The third-order valence-corrected chi connectivity index (χ3v) is 3.04. The zero-order chi connectivity index (χ0) is 14.1. The molecule has 0 unspecified atom stereocenters. The van der Waals surface area contributed by atoms with Crippen LogP contribution in [-0.2, 0) is 0 Å². The number of ether oxygens (including phenoxy) is 1. The molecule has 19 heavy (non-hydrogen) atoms. The number of hydrogen-bond acceptors (Lipinski definition) is 3. The van der Waals surface area contributed by atoms with E-state index in [1.54, 1.807) is 0 Å². The van der Waals surface area contributed by atoms with E-state index < -0.39 is 0 Å². The molecule has 4 heteroatoms. The van der Waals surface area contributed by atoms with Gasteiger partial charge in [0.2, 0.25) is 0 Å². The summed E-state index contributed by atoms with van der Waals surface area (Å²) in [7, 11) is 0. The lowest BCUT2D eigenvalue weighted by atomic mass is 10.2. The van der Waals surface area contributed by atoms with Crippen LogP contribution in [0.15, 0.2) is 24.3 Å². The minimum atomic E-state index is 0.0877. The Morgan fingerprint density at radius 2 is 1.89 bits per heavy atom. The first-order chi connectivity index (χ1) is 9.17. The first-order valence-corrected chi connectivity index (χ1v) is 6.97. The molecule has 0 heterocycles. The van der Waals surface area contributed by atoms with E-state index in [-0.39, 0.29) is 5.84 Å². The van der Waals surface area contributed by atoms with Gasteiger partial charge in [-0.15, -0.1) is 0 Å². The quantitative estimate of drug-likeness (QED) is 0.409. The van der Waals surface area contributed by atoms with E-state index in [2.05, 4.69) is 18.7 Å². The molecule has 0 fully saturated rings. The van der Waals surface area contributed by atoms with Gasteiger partial charge in [0.05, 0.1) is 6.61 Å². The van der Waals surface area contributed by atoms with Crippen LogP contribution in [-0.4, -0.2) is 37.0 Å². The van der Waals surface area contributed by atoms with Gasteiger partial charge in [0.1, 0.15) is 11.6 Å². The molecule has 0 amide bonds. The van der Waals surface area contributed by atoms with Gasteiger partial charge in [-0.05, 0) is 50.2 Å². The summed E-state index contributed by atoms with van der Waals surface area (Å²) >= 11 is 0. The number of benzene rings is 1. The minimum Gasteiger partial charge on any atom is -0.494 e. The molecule has 0 radical (unpaired) electrons. The average molecular weight is 263 g/mol. The Balaban J connectivity index is 2.27. The van der Waals surface area contributed by atoms with Crippen molar-refractivity contribution in [2.45, 2.75) is 26.7 Å². The highest BCUT2D eigenvalue weighted by molar-refractivity contribution is 5.94. The van der Waals surface area contributed by atoms with Crippen LogP contribution in [0.5, 0.6) is 5.75 Å². The van der Waals surface area contributed by atoms with Crippen molar-refractivity contribution in [1.82, 2.24) is 4.90 Å². The Bertz CT molecular complexity index is 375. The van der Waals surface area contributed by atoms with Crippen LogP contribution >= 0.6 is 0 Å². The van der Waals surface area contributed by atoms with E-state index in [9.17, 15) is 0 Å². The molecule has 0 spiro atoms. The fourth-order valence-corrected chi connectivity index (χ4v) is 1.95. The van der Waals surface area contributed by atoms with Gasteiger partial charge in [-0.3, -0.25) is 5.41 Å². The van der Waals surface area contributed by atoms with Gasteiger partial charge in [-0.1, -0.05) is 13.8 Å². The smallest absolute Gasteiger partial charge is 0.122 e. The lowest BCUT2D eigenvalue weighted by Crippen LogP contribution is -2.26. The largest absolute Gasteiger partial charge is 0.494 e. The SMILES string of the molecule is CCCN(CC)CCCOc1ccc(C(=N)N)cc1. The molecule has 1 aromatic rings. The zero-order valence-corrected chi connectivity index (χ0v) is 12.0. The van der Waals surface area contributed by atoms with Crippen LogP contribution in [0.25, 0.3) is 0 Å². The van der Waals surface area contributed by atoms with E-state index >= 15 is 0 Å². The Kier molecular flexibility index (Phi) is 6.97. The van der Waals surface area contributed by atoms with Gasteiger partial charge >= 0.3 is 0 Å². The maximum Gasteiger partial charge on any atom is 0.122 e. The fraction of sp³-hybridized carbons (Fsp3) is 0.533. The second-order valence-electron chi connectivity index (χ2n) is 4.57. The maximum absolute atomic E-state index is 7.31. The van der Waals surface area contributed by atoms with Crippen molar-refractivity contribution < 1.29 is 4.74 Å². The number of nitrogens with zero attached hydrogens (tertiary/aromatic N) is 1. The van der Waals surface area contributed by atoms with Crippen LogP contribution in [0.2, 0.25) is 0 Å². The number of nitrogens with one attached hydrogen (secondary N) is 1. The number of nitrogens with two attached hydrogens (primary N) is 1. The molecule has 0 aliphatic rings. The summed E-state index contributed by atoms with van der Waals surface area (Å²) in [5, 5.41) is 7.31. The molecule has 0 atom stereocenters. The van der Waals surface area contributed by atoms with Gasteiger partial charge in [-0.2, -0.15) is 0 Å². The van der Waals surface area contributed by atoms with Crippen molar-refractivity contribution in [3.8, 4) is 5.75 Å². The molecule has 0 saturated carbocycles. The van der Waals surface area contributed by atoms with E-state index in [0.717, 1.165) is 44.0 Å². The molecule has 4 nitrogen and oxygen atoms in total.